The molecule has 1 N–H and O–H groups in total. The number of ether oxygens (including phenoxy) is 1. The van der Waals surface area contributed by atoms with Crippen LogP contribution in [0.4, 0.5) is 0 Å². The predicted molar refractivity (Wildman–Crippen MR) is 105 cm³/mol. The van der Waals surface area contributed by atoms with E-state index in [0.29, 0.717) is 11.4 Å². The molecule has 0 unspecified atom stereocenters. The van der Waals surface area contributed by atoms with Crippen molar-refractivity contribution >= 4 is 22.4 Å². The zero-order valence-electron chi connectivity index (χ0n) is 15.7. The van der Waals surface area contributed by atoms with Gasteiger partial charge >= 0.3 is 5.97 Å². The van der Waals surface area contributed by atoms with Crippen LogP contribution in [0.15, 0.2) is 36.5 Å². The molecule has 1 fully saturated rings. The molecule has 142 valence electrons. The minimum atomic E-state index is -1.11. The number of carboxylic acids is 1. The highest BCUT2D eigenvalue weighted by Crippen LogP contribution is 2.37. The number of aromatic nitrogens is 4. The Balaban J connectivity index is 1.77. The molecule has 0 radical (unpaired) electrons. The molecule has 5 rings (SSSR count). The van der Waals surface area contributed by atoms with Gasteiger partial charge in [0.2, 0.25) is 5.88 Å². The number of hydrogen-bond donors (Lipinski definition) is 1. The van der Waals surface area contributed by atoms with Gasteiger partial charge in [-0.25, -0.2) is 14.3 Å². The highest BCUT2D eigenvalue weighted by Gasteiger charge is 2.26. The van der Waals surface area contributed by atoms with Gasteiger partial charge in [0.05, 0.1) is 19.0 Å². The topological polar surface area (TPSA) is 81.7 Å². The fourth-order valence-corrected chi connectivity index (χ4v) is 3.83. The van der Waals surface area contributed by atoms with Crippen LogP contribution in [0, 0.1) is 12.8 Å². The summed E-state index contributed by atoms with van der Waals surface area (Å²) >= 11 is 0. The maximum Gasteiger partial charge on any atom is 0.356 e. The van der Waals surface area contributed by atoms with Gasteiger partial charge < -0.3 is 14.4 Å². The first-order valence-corrected chi connectivity index (χ1v) is 9.32. The summed E-state index contributed by atoms with van der Waals surface area (Å²) in [6.45, 7) is 2.94. The maximum atomic E-state index is 11.4. The fraction of sp³-hybridized carbons (Fsp3) is 0.286. The molecule has 4 aromatic rings. The van der Waals surface area contributed by atoms with E-state index in [2.05, 4.69) is 33.8 Å². The van der Waals surface area contributed by atoms with E-state index in [-0.39, 0.29) is 11.6 Å². The Morgan fingerprint density at radius 2 is 2.11 bits per heavy atom. The van der Waals surface area contributed by atoms with Gasteiger partial charge in [-0.15, -0.1) is 0 Å². The number of carbonyl (C=O) groups is 1. The Morgan fingerprint density at radius 3 is 2.82 bits per heavy atom. The molecule has 0 atom stereocenters. The average Bonchev–Trinajstić information content (AvgIpc) is 3.36. The Morgan fingerprint density at radius 1 is 1.32 bits per heavy atom. The molecule has 28 heavy (non-hydrogen) atoms. The molecule has 0 spiro atoms. The minimum absolute atomic E-state index is 0.100. The third-order valence-corrected chi connectivity index (χ3v) is 5.42. The average molecular weight is 376 g/mol. The van der Waals surface area contributed by atoms with Gasteiger partial charge in [-0.1, -0.05) is 18.2 Å². The lowest BCUT2D eigenvalue weighted by atomic mass is 10.1. The van der Waals surface area contributed by atoms with Crippen LogP contribution in [0.3, 0.4) is 0 Å². The second kappa shape index (κ2) is 6.09. The highest BCUT2D eigenvalue weighted by atomic mass is 16.5. The van der Waals surface area contributed by atoms with Gasteiger partial charge in [0.25, 0.3) is 0 Å². The summed E-state index contributed by atoms with van der Waals surface area (Å²) in [5.74, 6) is -0.138. The Bertz CT molecular complexity index is 1230. The summed E-state index contributed by atoms with van der Waals surface area (Å²) in [6, 6.07) is 10.5. The molecule has 1 saturated carbocycles. The van der Waals surface area contributed by atoms with Crippen molar-refractivity contribution in [2.75, 3.05) is 7.11 Å². The molecule has 1 aromatic carbocycles. The van der Waals surface area contributed by atoms with E-state index in [1.807, 2.05) is 13.0 Å². The molecule has 1 aliphatic rings. The number of nitrogens with zero attached hydrogens (tertiary/aromatic N) is 4. The predicted octanol–water partition coefficient (Wildman–Crippen LogP) is 3.78. The zero-order chi connectivity index (χ0) is 19.4. The lowest BCUT2D eigenvalue weighted by Crippen LogP contribution is -2.06. The third-order valence-electron chi connectivity index (χ3n) is 5.42. The van der Waals surface area contributed by atoms with E-state index in [0.717, 1.165) is 23.5 Å². The standard InChI is InChI=1S/C21H20N4O3/c1-12-18(23-25-11-15(21(26)27)22-20(28-2)19(12)25)17-9-14-5-3-4-6-16(14)24(17)10-13-7-8-13/h3-6,9,11,13H,7-8,10H2,1-2H3,(H,26,27). The van der Waals surface area contributed by atoms with Gasteiger partial charge in [-0.3, -0.25) is 0 Å². The second-order valence-corrected chi connectivity index (χ2v) is 7.35. The highest BCUT2D eigenvalue weighted by molar-refractivity contribution is 5.89. The van der Waals surface area contributed by atoms with E-state index in [9.17, 15) is 9.90 Å². The molecule has 1 aliphatic carbocycles. The molecule has 3 aromatic heterocycles. The van der Waals surface area contributed by atoms with Crippen molar-refractivity contribution in [1.82, 2.24) is 19.2 Å². The minimum Gasteiger partial charge on any atom is -0.479 e. The van der Waals surface area contributed by atoms with Crippen molar-refractivity contribution in [3.05, 3.63) is 47.8 Å². The maximum absolute atomic E-state index is 11.4. The molecular weight excluding hydrogens is 356 g/mol. The number of para-hydroxylation sites is 1. The molecule has 3 heterocycles. The van der Waals surface area contributed by atoms with Crippen LogP contribution in [0.25, 0.3) is 27.8 Å². The van der Waals surface area contributed by atoms with Gasteiger partial charge in [0.15, 0.2) is 5.69 Å². The number of methoxy groups -OCH3 is 1. The molecular formula is C21H20N4O3. The van der Waals surface area contributed by atoms with Crippen LogP contribution >= 0.6 is 0 Å². The quantitative estimate of drug-likeness (QED) is 0.573. The van der Waals surface area contributed by atoms with E-state index < -0.39 is 5.97 Å². The number of carboxylic acid groups (broad SMARTS) is 1. The van der Waals surface area contributed by atoms with Crippen LogP contribution in [-0.4, -0.2) is 37.4 Å². The van der Waals surface area contributed by atoms with Crippen molar-refractivity contribution in [2.24, 2.45) is 5.92 Å². The molecule has 7 nitrogen and oxygen atoms in total. The monoisotopic (exact) mass is 376 g/mol. The normalized spacial score (nSPS) is 14.1. The van der Waals surface area contributed by atoms with Crippen LogP contribution < -0.4 is 4.74 Å². The van der Waals surface area contributed by atoms with E-state index in [1.54, 1.807) is 4.52 Å². The number of aromatic carboxylic acids is 1. The third kappa shape index (κ3) is 2.54. The zero-order valence-corrected chi connectivity index (χ0v) is 15.7. The van der Waals surface area contributed by atoms with E-state index >= 15 is 0 Å². The van der Waals surface area contributed by atoms with Gasteiger partial charge in [-0.2, -0.15) is 5.10 Å². The second-order valence-electron chi connectivity index (χ2n) is 7.35. The number of fused-ring (bicyclic) bond motifs is 2. The number of benzene rings is 1. The van der Waals surface area contributed by atoms with Crippen LogP contribution in [0.5, 0.6) is 5.88 Å². The van der Waals surface area contributed by atoms with Gasteiger partial charge in [0, 0.05) is 23.0 Å². The Kier molecular flexibility index (Phi) is 3.65. The van der Waals surface area contributed by atoms with Gasteiger partial charge in [-0.05, 0) is 37.8 Å². The lowest BCUT2D eigenvalue weighted by Gasteiger charge is -2.09. The summed E-state index contributed by atoms with van der Waals surface area (Å²) < 4.78 is 9.27. The summed E-state index contributed by atoms with van der Waals surface area (Å²) in [4.78, 5) is 15.5. The molecule has 0 aliphatic heterocycles. The van der Waals surface area contributed by atoms with Crippen LogP contribution in [0.2, 0.25) is 0 Å². The van der Waals surface area contributed by atoms with Crippen LogP contribution in [0.1, 0.15) is 28.9 Å². The molecule has 0 bridgehead atoms. The first-order valence-electron chi connectivity index (χ1n) is 9.32. The van der Waals surface area contributed by atoms with Crippen molar-refractivity contribution in [3.8, 4) is 17.3 Å². The Hall–Kier alpha value is -3.35. The number of rotatable bonds is 5. The summed E-state index contributed by atoms with van der Waals surface area (Å²) in [6.07, 6.45) is 3.95. The summed E-state index contributed by atoms with van der Waals surface area (Å²) in [7, 11) is 1.49. The van der Waals surface area contributed by atoms with Crippen molar-refractivity contribution in [2.45, 2.75) is 26.3 Å². The van der Waals surface area contributed by atoms with Crippen molar-refractivity contribution < 1.29 is 14.6 Å². The summed E-state index contributed by atoms with van der Waals surface area (Å²) in [5, 5.41) is 15.2. The SMILES string of the molecule is COc1nc(C(=O)O)cn2nc(-c3cc4ccccc4n3CC3CC3)c(C)c12. The van der Waals surface area contributed by atoms with Gasteiger partial charge in [0.1, 0.15) is 11.2 Å². The van der Waals surface area contributed by atoms with Crippen molar-refractivity contribution in [3.63, 3.8) is 0 Å². The smallest absolute Gasteiger partial charge is 0.356 e. The first kappa shape index (κ1) is 16.8. The fourth-order valence-electron chi connectivity index (χ4n) is 3.83. The van der Waals surface area contributed by atoms with Crippen molar-refractivity contribution in [1.29, 1.82) is 0 Å². The van der Waals surface area contributed by atoms with E-state index in [1.165, 1.54) is 37.1 Å². The molecule has 7 heteroatoms. The molecule has 0 saturated heterocycles. The van der Waals surface area contributed by atoms with Crippen LogP contribution in [-0.2, 0) is 6.54 Å². The van der Waals surface area contributed by atoms with E-state index in [4.69, 9.17) is 9.84 Å². The first-order chi connectivity index (χ1) is 13.6. The largest absolute Gasteiger partial charge is 0.479 e. The Labute approximate surface area is 161 Å². The number of hydrogen-bond acceptors (Lipinski definition) is 4. The lowest BCUT2D eigenvalue weighted by molar-refractivity contribution is 0.0688. The number of aryl methyl sites for hydroxylation is 1. The molecule has 0 amide bonds. The summed E-state index contributed by atoms with van der Waals surface area (Å²) in [5.41, 5.74) is 4.55.